The number of amides is 1. The molecule has 156 valence electrons. The Morgan fingerprint density at radius 2 is 2.07 bits per heavy atom. The molecular formula is C22H26N6O2. The Kier molecular flexibility index (Phi) is 5.66. The fraction of sp³-hybridized carbons (Fsp3) is 0.455. The zero-order chi connectivity index (χ0) is 21.3. The van der Waals surface area contributed by atoms with Crippen LogP contribution in [0.5, 0.6) is 0 Å². The molecule has 1 atom stereocenters. The van der Waals surface area contributed by atoms with Crippen LogP contribution >= 0.6 is 0 Å². The molecule has 0 saturated carbocycles. The molecule has 4 heterocycles. The summed E-state index contributed by atoms with van der Waals surface area (Å²) in [6.45, 7) is 3.66. The lowest BCUT2D eigenvalue weighted by Gasteiger charge is -2.32. The van der Waals surface area contributed by atoms with Crippen LogP contribution in [0.25, 0.3) is 11.1 Å². The molecule has 8 nitrogen and oxygen atoms in total. The van der Waals surface area contributed by atoms with Gasteiger partial charge in [-0.1, -0.05) is 0 Å². The van der Waals surface area contributed by atoms with Gasteiger partial charge in [-0.05, 0) is 48.8 Å². The number of nitriles is 1. The Hall–Kier alpha value is -3.02. The van der Waals surface area contributed by atoms with Gasteiger partial charge >= 0.3 is 0 Å². The first-order valence-electron chi connectivity index (χ1n) is 10.3. The lowest BCUT2D eigenvalue weighted by atomic mass is 9.85. The van der Waals surface area contributed by atoms with Gasteiger partial charge in [-0.15, -0.1) is 0 Å². The van der Waals surface area contributed by atoms with E-state index < -0.39 is 6.35 Å². The van der Waals surface area contributed by atoms with E-state index in [9.17, 15) is 15.2 Å². The Morgan fingerprint density at radius 3 is 2.73 bits per heavy atom. The summed E-state index contributed by atoms with van der Waals surface area (Å²) in [4.78, 5) is 24.1. The van der Waals surface area contributed by atoms with Crippen LogP contribution in [-0.2, 0) is 11.2 Å². The third-order valence-electron chi connectivity index (χ3n) is 6.16. The third-order valence-corrected chi connectivity index (χ3v) is 6.16. The van der Waals surface area contributed by atoms with Crippen molar-refractivity contribution in [3.8, 4) is 17.2 Å². The Balaban J connectivity index is 1.67. The number of hydrogen-bond acceptors (Lipinski definition) is 7. The summed E-state index contributed by atoms with van der Waals surface area (Å²) in [5.41, 5.74) is 9.85. The Morgan fingerprint density at radius 1 is 1.30 bits per heavy atom. The minimum Gasteiger partial charge on any atom is -0.361 e. The van der Waals surface area contributed by atoms with Crippen molar-refractivity contribution in [2.24, 2.45) is 5.73 Å². The molecule has 8 heteroatoms. The van der Waals surface area contributed by atoms with Crippen molar-refractivity contribution < 1.29 is 9.90 Å². The number of rotatable bonds is 3. The lowest BCUT2D eigenvalue weighted by molar-refractivity contribution is -0.129. The van der Waals surface area contributed by atoms with E-state index in [1.54, 1.807) is 30.4 Å². The van der Waals surface area contributed by atoms with Gasteiger partial charge in [0.15, 0.2) is 6.35 Å². The molecule has 1 unspecified atom stereocenters. The maximum absolute atomic E-state index is 11.6. The molecule has 2 aromatic heterocycles. The molecule has 0 aromatic carbocycles. The Labute approximate surface area is 176 Å². The van der Waals surface area contributed by atoms with Gasteiger partial charge in [0.2, 0.25) is 5.91 Å². The van der Waals surface area contributed by atoms with E-state index in [4.69, 9.17) is 5.73 Å². The minimum absolute atomic E-state index is 0.0950. The van der Waals surface area contributed by atoms with Gasteiger partial charge in [-0.2, -0.15) is 5.26 Å². The normalized spacial score (nSPS) is 17.9. The fourth-order valence-electron chi connectivity index (χ4n) is 4.53. The summed E-state index contributed by atoms with van der Waals surface area (Å²) < 4.78 is 0. The molecule has 30 heavy (non-hydrogen) atoms. The van der Waals surface area contributed by atoms with Gasteiger partial charge in [-0.3, -0.25) is 15.5 Å². The number of aromatic nitrogens is 2. The van der Waals surface area contributed by atoms with Crippen LogP contribution in [-0.4, -0.2) is 51.9 Å². The van der Waals surface area contributed by atoms with E-state index in [-0.39, 0.29) is 11.8 Å². The van der Waals surface area contributed by atoms with Crippen LogP contribution in [0.2, 0.25) is 0 Å². The number of hydrogen-bond donors (Lipinski definition) is 2. The van der Waals surface area contributed by atoms with Crippen molar-refractivity contribution in [3.05, 3.63) is 41.3 Å². The molecule has 0 aliphatic carbocycles. The second kappa shape index (κ2) is 8.38. The minimum atomic E-state index is -1.08. The van der Waals surface area contributed by atoms with Gasteiger partial charge in [0.05, 0.1) is 5.56 Å². The zero-order valence-electron chi connectivity index (χ0n) is 17.1. The highest BCUT2D eigenvalue weighted by molar-refractivity contribution is 5.74. The van der Waals surface area contributed by atoms with Crippen molar-refractivity contribution in [2.45, 2.75) is 44.9 Å². The lowest BCUT2D eigenvalue weighted by Crippen LogP contribution is -2.45. The molecule has 0 bridgehead atoms. The quantitative estimate of drug-likeness (QED) is 0.745. The summed E-state index contributed by atoms with van der Waals surface area (Å²) in [5, 5.41) is 19.8. The molecule has 1 amide bonds. The first kappa shape index (κ1) is 20.3. The summed E-state index contributed by atoms with van der Waals surface area (Å²) in [5.74, 6) is 0.994. The van der Waals surface area contributed by atoms with Gasteiger partial charge in [-0.25, -0.2) is 4.98 Å². The van der Waals surface area contributed by atoms with Crippen molar-refractivity contribution in [1.82, 2.24) is 14.9 Å². The zero-order valence-corrected chi connectivity index (χ0v) is 17.1. The van der Waals surface area contributed by atoms with E-state index in [1.165, 1.54) is 0 Å². The van der Waals surface area contributed by atoms with Crippen LogP contribution in [0.15, 0.2) is 24.7 Å². The molecule has 0 spiro atoms. The SMILES string of the molecule is CC(=O)N1CCC(c2cncc(-c3cnc4c(c3)CCCN4C(N)O)c2C#N)CC1. The molecule has 1 saturated heterocycles. The predicted octanol–water partition coefficient (Wildman–Crippen LogP) is 1.73. The van der Waals surface area contributed by atoms with Crippen molar-refractivity contribution in [2.75, 3.05) is 24.5 Å². The van der Waals surface area contributed by atoms with E-state index >= 15 is 0 Å². The first-order chi connectivity index (χ1) is 14.5. The van der Waals surface area contributed by atoms with E-state index in [0.717, 1.165) is 47.9 Å². The summed E-state index contributed by atoms with van der Waals surface area (Å²) in [7, 11) is 0. The standard InChI is InChI=1S/C22H26N6O2/c1-14(29)27-7-4-15(5-8-27)19-12-25-13-20(18(19)10-23)17-9-16-3-2-6-28(22(24)30)21(16)26-11-17/h9,11-13,15,22,30H,2-8,24H2,1H3. The van der Waals surface area contributed by atoms with Crippen LogP contribution in [0.4, 0.5) is 5.82 Å². The highest BCUT2D eigenvalue weighted by Gasteiger charge is 2.26. The van der Waals surface area contributed by atoms with Crippen LogP contribution in [0, 0.1) is 11.3 Å². The number of pyridine rings is 2. The summed E-state index contributed by atoms with van der Waals surface area (Å²) >= 11 is 0. The number of carbonyl (C=O) groups is 1. The van der Waals surface area contributed by atoms with E-state index in [1.807, 2.05) is 11.0 Å². The number of carbonyl (C=O) groups excluding carboxylic acids is 1. The number of anilines is 1. The summed E-state index contributed by atoms with van der Waals surface area (Å²) in [6.07, 6.45) is 7.52. The molecule has 2 aliphatic rings. The molecule has 0 radical (unpaired) electrons. The van der Waals surface area contributed by atoms with E-state index in [2.05, 4.69) is 16.0 Å². The molecule has 4 rings (SSSR count). The molecule has 2 aromatic rings. The number of nitrogens with two attached hydrogens (primary N) is 1. The number of nitrogens with zero attached hydrogens (tertiary/aromatic N) is 5. The second-order valence-electron chi connectivity index (χ2n) is 7.96. The fourth-order valence-corrected chi connectivity index (χ4v) is 4.53. The summed E-state index contributed by atoms with van der Waals surface area (Å²) in [6, 6.07) is 4.41. The van der Waals surface area contributed by atoms with Crippen molar-refractivity contribution >= 4 is 11.7 Å². The highest BCUT2D eigenvalue weighted by Crippen LogP contribution is 2.36. The smallest absolute Gasteiger partial charge is 0.219 e. The van der Waals surface area contributed by atoms with E-state index in [0.29, 0.717) is 31.0 Å². The van der Waals surface area contributed by atoms with Crippen LogP contribution in [0.1, 0.15) is 48.8 Å². The Bertz CT molecular complexity index is 992. The predicted molar refractivity (Wildman–Crippen MR) is 112 cm³/mol. The molecule has 3 N–H and O–H groups in total. The average Bonchev–Trinajstić information content (AvgIpc) is 2.77. The number of likely N-dealkylation sites (tertiary alicyclic amines) is 1. The molecule has 2 aliphatic heterocycles. The topological polar surface area (TPSA) is 119 Å². The van der Waals surface area contributed by atoms with Crippen LogP contribution in [0.3, 0.4) is 0 Å². The molecule has 1 fully saturated rings. The largest absolute Gasteiger partial charge is 0.361 e. The maximum atomic E-state index is 11.6. The van der Waals surface area contributed by atoms with Crippen molar-refractivity contribution in [3.63, 3.8) is 0 Å². The number of fused-ring (bicyclic) bond motifs is 1. The number of aliphatic hydroxyl groups excluding tert-OH is 1. The van der Waals surface area contributed by atoms with Crippen molar-refractivity contribution in [1.29, 1.82) is 5.26 Å². The van der Waals surface area contributed by atoms with Gasteiger partial charge in [0, 0.05) is 56.3 Å². The monoisotopic (exact) mass is 406 g/mol. The van der Waals surface area contributed by atoms with Gasteiger partial charge in [0.25, 0.3) is 0 Å². The first-order valence-corrected chi connectivity index (χ1v) is 10.3. The number of piperidine rings is 1. The van der Waals surface area contributed by atoms with Gasteiger partial charge < -0.3 is 14.9 Å². The maximum Gasteiger partial charge on any atom is 0.219 e. The third kappa shape index (κ3) is 3.74. The van der Waals surface area contributed by atoms with Gasteiger partial charge in [0.1, 0.15) is 11.9 Å². The average molecular weight is 406 g/mol. The highest BCUT2D eigenvalue weighted by atomic mass is 16.3. The molecular weight excluding hydrogens is 380 g/mol. The second-order valence-corrected chi connectivity index (χ2v) is 7.96. The number of aliphatic hydroxyl groups is 1. The van der Waals surface area contributed by atoms with Crippen LogP contribution < -0.4 is 10.6 Å². The number of aryl methyl sites for hydroxylation is 1.